The van der Waals surface area contributed by atoms with Gasteiger partial charge in [-0.25, -0.2) is 13.6 Å². The van der Waals surface area contributed by atoms with Gasteiger partial charge >= 0.3 is 6.09 Å². The van der Waals surface area contributed by atoms with E-state index in [4.69, 9.17) is 4.74 Å². The van der Waals surface area contributed by atoms with Gasteiger partial charge in [0.2, 0.25) is 0 Å². The van der Waals surface area contributed by atoms with Crippen molar-refractivity contribution in [2.75, 3.05) is 10.2 Å². The van der Waals surface area contributed by atoms with E-state index in [9.17, 15) is 13.6 Å². The fourth-order valence-corrected chi connectivity index (χ4v) is 3.43. The number of rotatable bonds is 2. The second kappa shape index (κ2) is 7.63. The van der Waals surface area contributed by atoms with Gasteiger partial charge < -0.3 is 9.64 Å². The van der Waals surface area contributed by atoms with E-state index in [0.717, 1.165) is 21.7 Å². The summed E-state index contributed by atoms with van der Waals surface area (Å²) in [7, 11) is 0. The van der Waals surface area contributed by atoms with Crippen LogP contribution in [0.15, 0.2) is 53.2 Å². The number of halogens is 3. The number of ether oxygens (including phenoxy) is 1. The maximum atomic E-state index is 14.8. The van der Waals surface area contributed by atoms with Crippen molar-refractivity contribution in [1.82, 2.24) is 0 Å². The molecule has 0 aliphatic carbocycles. The van der Waals surface area contributed by atoms with Crippen molar-refractivity contribution in [3.05, 3.63) is 70.4 Å². The summed E-state index contributed by atoms with van der Waals surface area (Å²) in [6.07, 6.45) is 0.997. The van der Waals surface area contributed by atoms with Crippen LogP contribution in [0.5, 0.6) is 0 Å². The van der Waals surface area contributed by atoms with E-state index in [2.05, 4.69) is 27.8 Å². The summed E-state index contributed by atoms with van der Waals surface area (Å²) in [4.78, 5) is 13.7. The number of carbonyl (C=O) groups is 1. The maximum Gasteiger partial charge on any atom is 0.412 e. The molecule has 0 aromatic heterocycles. The molecule has 2 aromatic rings. The van der Waals surface area contributed by atoms with Crippen LogP contribution in [0.3, 0.4) is 0 Å². The Morgan fingerprint density at radius 1 is 1.14 bits per heavy atom. The second-order valence-corrected chi connectivity index (χ2v) is 8.63. The van der Waals surface area contributed by atoms with Crippen molar-refractivity contribution in [3.63, 3.8) is 0 Å². The van der Waals surface area contributed by atoms with Gasteiger partial charge in [-0.3, -0.25) is 5.32 Å². The highest BCUT2D eigenvalue weighted by molar-refractivity contribution is 9.10. The minimum atomic E-state index is -0.894. The quantitative estimate of drug-likeness (QED) is 0.515. The Morgan fingerprint density at radius 2 is 1.83 bits per heavy atom. The van der Waals surface area contributed by atoms with Crippen molar-refractivity contribution in [2.45, 2.75) is 33.3 Å². The summed E-state index contributed by atoms with van der Waals surface area (Å²) < 4.78 is 35.1. The molecule has 0 radical (unpaired) electrons. The zero-order valence-electron chi connectivity index (χ0n) is 16.6. The lowest BCUT2D eigenvalue weighted by Gasteiger charge is -2.32. The fourth-order valence-electron chi connectivity index (χ4n) is 3.08. The lowest BCUT2D eigenvalue weighted by molar-refractivity contribution is 0.0635. The van der Waals surface area contributed by atoms with E-state index < -0.39 is 23.3 Å². The number of hydrogen-bond acceptors (Lipinski definition) is 3. The third-order valence-electron chi connectivity index (χ3n) is 4.20. The standard InChI is InChI=1S/C22H21BrF2N2O2/c1-12-8-13(2)27(19-9-14(23)6-7-15(12)19)20-11-18(16(24)10-17(20)25)26-21(28)29-22(3,4)5/h6-11H,1H2,2-5H3,(H,26,28). The number of fused-ring (bicyclic) bond motifs is 1. The molecule has 3 rings (SSSR count). The van der Waals surface area contributed by atoms with Crippen LogP contribution >= 0.6 is 15.9 Å². The number of nitrogens with one attached hydrogen (secondary N) is 1. The van der Waals surface area contributed by atoms with Gasteiger partial charge in [0, 0.05) is 21.8 Å². The molecule has 7 heteroatoms. The lowest BCUT2D eigenvalue weighted by Crippen LogP contribution is -2.27. The van der Waals surface area contributed by atoms with E-state index in [1.54, 1.807) is 32.6 Å². The van der Waals surface area contributed by atoms with Crippen molar-refractivity contribution >= 4 is 44.7 Å². The molecule has 0 bridgehead atoms. The number of benzene rings is 2. The molecular formula is C22H21BrF2N2O2. The smallest absolute Gasteiger partial charge is 0.412 e. The summed E-state index contributed by atoms with van der Waals surface area (Å²) >= 11 is 3.43. The zero-order valence-corrected chi connectivity index (χ0v) is 18.2. The molecule has 1 heterocycles. The molecule has 4 nitrogen and oxygen atoms in total. The highest BCUT2D eigenvalue weighted by Crippen LogP contribution is 2.43. The molecule has 152 valence electrons. The van der Waals surface area contributed by atoms with Crippen molar-refractivity contribution in [3.8, 4) is 0 Å². The third-order valence-corrected chi connectivity index (χ3v) is 4.69. The van der Waals surface area contributed by atoms with Crippen LogP contribution in [-0.4, -0.2) is 11.7 Å². The van der Waals surface area contributed by atoms with Gasteiger partial charge in [0.05, 0.1) is 17.1 Å². The number of allylic oxidation sites excluding steroid dienone is 3. The average Bonchev–Trinajstić information content (AvgIpc) is 2.56. The molecule has 1 amide bonds. The molecule has 0 fully saturated rings. The Labute approximate surface area is 177 Å². The molecule has 0 atom stereocenters. The lowest BCUT2D eigenvalue weighted by atomic mass is 9.98. The first-order valence-electron chi connectivity index (χ1n) is 8.92. The van der Waals surface area contributed by atoms with Gasteiger partial charge in [-0.1, -0.05) is 28.6 Å². The molecule has 1 aliphatic rings. The monoisotopic (exact) mass is 462 g/mol. The Kier molecular flexibility index (Phi) is 5.54. The van der Waals surface area contributed by atoms with Gasteiger partial charge in [-0.05, 0) is 57.5 Å². The predicted molar refractivity (Wildman–Crippen MR) is 115 cm³/mol. The molecule has 0 spiro atoms. The molecule has 29 heavy (non-hydrogen) atoms. The van der Waals surface area contributed by atoms with Crippen LogP contribution in [0.4, 0.5) is 30.6 Å². The van der Waals surface area contributed by atoms with Crippen molar-refractivity contribution in [1.29, 1.82) is 0 Å². The number of carbonyl (C=O) groups excluding carboxylic acids is 1. The van der Waals surface area contributed by atoms with E-state index in [1.165, 1.54) is 6.07 Å². The summed E-state index contributed by atoms with van der Waals surface area (Å²) in [6.45, 7) is 10.9. The van der Waals surface area contributed by atoms with Gasteiger partial charge in [0.25, 0.3) is 0 Å². The Morgan fingerprint density at radius 3 is 2.48 bits per heavy atom. The van der Waals surface area contributed by atoms with Crippen LogP contribution in [0.25, 0.3) is 5.57 Å². The molecule has 0 unspecified atom stereocenters. The fraction of sp³-hybridized carbons (Fsp3) is 0.227. The van der Waals surface area contributed by atoms with Gasteiger partial charge in [-0.15, -0.1) is 0 Å². The van der Waals surface area contributed by atoms with E-state index in [1.807, 2.05) is 24.3 Å². The zero-order chi connectivity index (χ0) is 21.5. The van der Waals surface area contributed by atoms with Crippen LogP contribution in [-0.2, 0) is 4.74 Å². The van der Waals surface area contributed by atoms with E-state index in [-0.39, 0.29) is 11.4 Å². The first kappa shape index (κ1) is 21.0. The molecule has 2 aromatic carbocycles. The van der Waals surface area contributed by atoms with E-state index >= 15 is 0 Å². The van der Waals surface area contributed by atoms with Gasteiger partial charge in [-0.2, -0.15) is 0 Å². The minimum absolute atomic E-state index is 0.0954. The molecular weight excluding hydrogens is 442 g/mol. The number of nitrogens with zero attached hydrogens (tertiary/aromatic N) is 1. The highest BCUT2D eigenvalue weighted by atomic mass is 79.9. The largest absolute Gasteiger partial charge is 0.444 e. The van der Waals surface area contributed by atoms with E-state index in [0.29, 0.717) is 11.4 Å². The Hall–Kier alpha value is -2.67. The third kappa shape index (κ3) is 4.50. The Bertz CT molecular complexity index is 1040. The minimum Gasteiger partial charge on any atom is -0.444 e. The molecule has 1 aliphatic heterocycles. The second-order valence-electron chi connectivity index (χ2n) is 7.72. The van der Waals surface area contributed by atoms with Crippen molar-refractivity contribution in [2.24, 2.45) is 0 Å². The summed E-state index contributed by atoms with van der Waals surface area (Å²) in [5, 5.41) is 2.36. The Balaban J connectivity index is 2.07. The SMILES string of the molecule is C=C1C=C(C)N(c2cc(NC(=O)OC(C)(C)C)c(F)cc2F)c2cc(Br)ccc21. The predicted octanol–water partition coefficient (Wildman–Crippen LogP) is 7.14. The van der Waals surface area contributed by atoms with Gasteiger partial charge in [0.1, 0.15) is 17.2 Å². The number of hydrogen-bond donors (Lipinski definition) is 1. The van der Waals surface area contributed by atoms with Crippen LogP contribution in [0.2, 0.25) is 0 Å². The summed E-state index contributed by atoms with van der Waals surface area (Å²) in [6, 6.07) is 7.58. The molecule has 0 saturated carbocycles. The first-order valence-corrected chi connectivity index (χ1v) is 9.72. The van der Waals surface area contributed by atoms with Crippen LogP contribution in [0, 0.1) is 11.6 Å². The topological polar surface area (TPSA) is 41.6 Å². The van der Waals surface area contributed by atoms with Gasteiger partial charge in [0.15, 0.2) is 0 Å². The molecule has 1 N–H and O–H groups in total. The first-order chi connectivity index (χ1) is 13.5. The maximum absolute atomic E-state index is 14.8. The van der Waals surface area contributed by atoms with Crippen LogP contribution < -0.4 is 10.2 Å². The normalized spacial score (nSPS) is 13.7. The summed E-state index contributed by atoms with van der Waals surface area (Å²) in [5.74, 6) is -1.65. The highest BCUT2D eigenvalue weighted by Gasteiger charge is 2.26. The number of amides is 1. The molecule has 0 saturated heterocycles. The van der Waals surface area contributed by atoms with Crippen molar-refractivity contribution < 1.29 is 18.3 Å². The average molecular weight is 463 g/mol. The summed E-state index contributed by atoms with van der Waals surface area (Å²) in [5.41, 5.74) is 2.18. The van der Waals surface area contributed by atoms with Crippen LogP contribution in [0.1, 0.15) is 33.3 Å². The number of anilines is 3.